The third-order valence-electron chi connectivity index (χ3n) is 3.96. The van der Waals surface area contributed by atoms with E-state index in [9.17, 15) is 0 Å². The summed E-state index contributed by atoms with van der Waals surface area (Å²) >= 11 is 0. The highest BCUT2D eigenvalue weighted by atomic mass is 28.4. The zero-order chi connectivity index (χ0) is 14.9. The zero-order valence-electron chi connectivity index (χ0n) is 13.4. The number of aromatic nitrogens is 1. The largest absolute Gasteiger partial charge is 0.411 e. The van der Waals surface area contributed by atoms with E-state index in [1.165, 1.54) is 0 Å². The van der Waals surface area contributed by atoms with E-state index in [1.54, 1.807) is 0 Å². The van der Waals surface area contributed by atoms with Gasteiger partial charge in [0.2, 0.25) is 0 Å². The summed E-state index contributed by atoms with van der Waals surface area (Å²) in [4.78, 5) is 4.45. The zero-order valence-corrected chi connectivity index (χ0v) is 14.4. The number of rotatable bonds is 4. The molecule has 0 fully saturated rings. The Kier molecular flexibility index (Phi) is 4.60. The summed E-state index contributed by atoms with van der Waals surface area (Å²) in [6, 6.07) is 4.05. The van der Waals surface area contributed by atoms with Crippen molar-refractivity contribution >= 4 is 8.32 Å². The molecule has 4 heteroatoms. The summed E-state index contributed by atoms with van der Waals surface area (Å²) in [7, 11) is -1.70. The van der Waals surface area contributed by atoms with Crippen LogP contribution in [0, 0.1) is 0 Å². The van der Waals surface area contributed by atoms with Gasteiger partial charge in [-0.05, 0) is 43.6 Å². The van der Waals surface area contributed by atoms with Gasteiger partial charge in [-0.15, -0.1) is 0 Å². The highest BCUT2D eigenvalue weighted by Gasteiger charge is 2.37. The van der Waals surface area contributed by atoms with Crippen molar-refractivity contribution in [1.82, 2.24) is 4.98 Å². The van der Waals surface area contributed by atoms with Crippen LogP contribution in [0.2, 0.25) is 18.1 Å². The third-order valence-corrected chi connectivity index (χ3v) is 8.43. The molecule has 0 aliphatic rings. The van der Waals surface area contributed by atoms with Gasteiger partial charge in [0.05, 0.1) is 12.3 Å². The monoisotopic (exact) mass is 280 g/mol. The van der Waals surface area contributed by atoms with Crippen LogP contribution in [0.15, 0.2) is 18.3 Å². The average molecular weight is 280 g/mol. The van der Waals surface area contributed by atoms with Crippen molar-refractivity contribution in [3.63, 3.8) is 0 Å². The van der Waals surface area contributed by atoms with E-state index >= 15 is 0 Å². The van der Waals surface area contributed by atoms with Gasteiger partial charge in [-0.2, -0.15) is 0 Å². The van der Waals surface area contributed by atoms with E-state index in [4.69, 9.17) is 10.2 Å². The molecule has 0 amide bonds. The van der Waals surface area contributed by atoms with Crippen molar-refractivity contribution in [2.75, 3.05) is 0 Å². The Morgan fingerprint density at radius 2 is 1.74 bits per heavy atom. The molecule has 0 atom stereocenters. The molecule has 1 aromatic rings. The molecule has 0 aliphatic heterocycles. The SMILES string of the molecule is CC(C)(N)c1ccc(CO[Si](C)(C)C(C)(C)C)nc1. The summed E-state index contributed by atoms with van der Waals surface area (Å²) in [5, 5.41) is 0.228. The van der Waals surface area contributed by atoms with Gasteiger partial charge < -0.3 is 10.2 Å². The lowest BCUT2D eigenvalue weighted by Gasteiger charge is -2.36. The quantitative estimate of drug-likeness (QED) is 0.853. The molecule has 1 heterocycles. The number of hydrogen-bond donors (Lipinski definition) is 1. The van der Waals surface area contributed by atoms with Crippen molar-refractivity contribution in [3.8, 4) is 0 Å². The molecule has 0 aromatic carbocycles. The second-order valence-electron chi connectivity index (χ2n) is 7.31. The summed E-state index contributed by atoms with van der Waals surface area (Å²) in [5.41, 5.74) is 7.72. The van der Waals surface area contributed by atoms with Crippen molar-refractivity contribution < 1.29 is 4.43 Å². The maximum atomic E-state index is 6.15. The maximum absolute atomic E-state index is 6.15. The predicted molar refractivity (Wildman–Crippen MR) is 83.4 cm³/mol. The molecular weight excluding hydrogens is 252 g/mol. The highest BCUT2D eigenvalue weighted by molar-refractivity contribution is 6.74. The summed E-state index contributed by atoms with van der Waals surface area (Å²) in [6.45, 7) is 15.8. The molecule has 3 nitrogen and oxygen atoms in total. The Hall–Kier alpha value is -0.713. The summed E-state index contributed by atoms with van der Waals surface area (Å²) in [5.74, 6) is 0. The van der Waals surface area contributed by atoms with Crippen LogP contribution >= 0.6 is 0 Å². The van der Waals surface area contributed by atoms with E-state index in [1.807, 2.05) is 32.2 Å². The van der Waals surface area contributed by atoms with Gasteiger partial charge in [0.25, 0.3) is 0 Å². The van der Waals surface area contributed by atoms with E-state index in [2.05, 4.69) is 38.8 Å². The van der Waals surface area contributed by atoms with E-state index in [0.717, 1.165) is 11.3 Å². The van der Waals surface area contributed by atoms with E-state index in [0.29, 0.717) is 6.61 Å². The smallest absolute Gasteiger partial charge is 0.192 e. The minimum atomic E-state index is -1.70. The molecule has 0 bridgehead atoms. The first-order chi connectivity index (χ1) is 8.43. The lowest BCUT2D eigenvalue weighted by molar-refractivity contribution is 0.272. The molecule has 108 valence electrons. The van der Waals surface area contributed by atoms with Gasteiger partial charge in [-0.1, -0.05) is 26.8 Å². The third kappa shape index (κ3) is 4.40. The standard InChI is InChI=1S/C15H28N2OSi/c1-14(2,3)19(6,7)18-11-13-9-8-12(10-17-13)15(4,5)16/h8-10H,11,16H2,1-7H3. The first-order valence-corrected chi connectivity index (χ1v) is 9.72. The van der Waals surface area contributed by atoms with Crippen molar-refractivity contribution in [1.29, 1.82) is 0 Å². The molecule has 0 spiro atoms. The maximum Gasteiger partial charge on any atom is 0.192 e. The van der Waals surface area contributed by atoms with E-state index < -0.39 is 8.32 Å². The molecule has 0 unspecified atom stereocenters. The van der Waals surface area contributed by atoms with Gasteiger partial charge in [0, 0.05) is 11.7 Å². The van der Waals surface area contributed by atoms with Crippen molar-refractivity contribution in [2.24, 2.45) is 5.73 Å². The fourth-order valence-corrected chi connectivity index (χ4v) is 2.30. The van der Waals surface area contributed by atoms with Gasteiger partial charge in [-0.25, -0.2) is 0 Å². The number of nitrogens with zero attached hydrogens (tertiary/aromatic N) is 1. The van der Waals surface area contributed by atoms with Crippen LogP contribution in [0.1, 0.15) is 45.9 Å². The molecule has 0 saturated carbocycles. The fraction of sp³-hybridized carbons (Fsp3) is 0.667. The summed E-state index contributed by atoms with van der Waals surface area (Å²) in [6.07, 6.45) is 1.85. The molecule has 0 radical (unpaired) electrons. The van der Waals surface area contributed by atoms with Crippen LogP contribution in [0.3, 0.4) is 0 Å². The summed E-state index contributed by atoms with van der Waals surface area (Å²) < 4.78 is 6.15. The number of hydrogen-bond acceptors (Lipinski definition) is 3. The van der Waals surface area contributed by atoms with Crippen LogP contribution < -0.4 is 5.73 Å². The first-order valence-electron chi connectivity index (χ1n) is 6.82. The predicted octanol–water partition coefficient (Wildman–Crippen LogP) is 3.80. The normalized spacial score (nSPS) is 13.7. The van der Waals surface area contributed by atoms with Crippen LogP contribution in [0.5, 0.6) is 0 Å². The molecule has 0 saturated heterocycles. The Labute approximate surface area is 118 Å². The molecular formula is C15H28N2OSi. The lowest BCUT2D eigenvalue weighted by atomic mass is 9.97. The number of nitrogens with two attached hydrogens (primary N) is 1. The van der Waals surface area contributed by atoms with Crippen molar-refractivity contribution in [3.05, 3.63) is 29.6 Å². The fourth-order valence-electron chi connectivity index (χ4n) is 1.36. The van der Waals surface area contributed by atoms with Crippen LogP contribution in [0.25, 0.3) is 0 Å². The Morgan fingerprint density at radius 1 is 1.16 bits per heavy atom. The topological polar surface area (TPSA) is 48.1 Å². The van der Waals surface area contributed by atoms with Gasteiger partial charge in [-0.3, -0.25) is 4.98 Å². The average Bonchev–Trinajstić information content (AvgIpc) is 2.24. The Morgan fingerprint density at radius 3 is 2.11 bits per heavy atom. The van der Waals surface area contributed by atoms with Crippen molar-refractivity contribution in [2.45, 2.75) is 64.9 Å². The minimum Gasteiger partial charge on any atom is -0.411 e. The van der Waals surface area contributed by atoms with Crippen LogP contribution in [0.4, 0.5) is 0 Å². The lowest BCUT2D eigenvalue weighted by Crippen LogP contribution is -2.40. The number of pyridine rings is 1. The van der Waals surface area contributed by atoms with Crippen LogP contribution in [-0.4, -0.2) is 13.3 Å². The molecule has 1 aromatic heterocycles. The Bertz CT molecular complexity index is 413. The van der Waals surface area contributed by atoms with E-state index in [-0.39, 0.29) is 10.6 Å². The molecule has 0 aliphatic carbocycles. The second kappa shape index (κ2) is 5.35. The molecule has 2 N–H and O–H groups in total. The van der Waals surface area contributed by atoms with Crippen LogP contribution in [-0.2, 0) is 16.6 Å². The highest BCUT2D eigenvalue weighted by Crippen LogP contribution is 2.36. The molecule has 19 heavy (non-hydrogen) atoms. The van der Waals surface area contributed by atoms with Gasteiger partial charge in [0.1, 0.15) is 0 Å². The first kappa shape index (κ1) is 16.3. The Balaban J connectivity index is 2.70. The van der Waals surface area contributed by atoms with Gasteiger partial charge >= 0.3 is 0 Å². The second-order valence-corrected chi connectivity index (χ2v) is 12.1. The molecule has 1 rings (SSSR count). The minimum absolute atomic E-state index is 0.228. The van der Waals surface area contributed by atoms with Gasteiger partial charge in [0.15, 0.2) is 8.32 Å².